The first-order chi connectivity index (χ1) is 14.1. The highest BCUT2D eigenvalue weighted by molar-refractivity contribution is 5.93. The number of carbonyl (C=O) groups is 2. The summed E-state index contributed by atoms with van der Waals surface area (Å²) in [5.41, 5.74) is 3.10. The fourth-order valence-electron chi connectivity index (χ4n) is 2.72. The van der Waals surface area contributed by atoms with Gasteiger partial charge in [0.25, 0.3) is 5.91 Å². The number of pyridine rings is 1. The number of nitrogens with zero attached hydrogens (tertiary/aromatic N) is 1. The standard InChI is InChI=1S/C22H21N3O4/c1-28-20-6-4-3-5-16(20)14-24-21(26)19-13-18(11-12-23-19)25-17-9-7-15(8-10-17)22(27)29-2/h3-13H,14H2,1-2H3,(H,23,25)(H,24,26). The monoisotopic (exact) mass is 391 g/mol. The minimum atomic E-state index is -0.394. The Kier molecular flexibility index (Phi) is 6.42. The molecule has 2 aromatic carbocycles. The van der Waals surface area contributed by atoms with E-state index in [-0.39, 0.29) is 11.6 Å². The molecule has 1 amide bonds. The Morgan fingerprint density at radius 3 is 2.45 bits per heavy atom. The number of nitrogens with one attached hydrogen (secondary N) is 2. The largest absolute Gasteiger partial charge is 0.496 e. The van der Waals surface area contributed by atoms with Crippen molar-refractivity contribution in [1.29, 1.82) is 0 Å². The van der Waals surface area contributed by atoms with Crippen molar-refractivity contribution in [2.24, 2.45) is 0 Å². The molecular formula is C22H21N3O4. The fraction of sp³-hybridized carbons (Fsp3) is 0.136. The van der Waals surface area contributed by atoms with E-state index in [2.05, 4.69) is 20.4 Å². The molecule has 29 heavy (non-hydrogen) atoms. The van der Waals surface area contributed by atoms with E-state index in [1.54, 1.807) is 49.7 Å². The number of esters is 1. The Bertz CT molecular complexity index is 1000. The first-order valence-electron chi connectivity index (χ1n) is 8.92. The number of anilines is 2. The van der Waals surface area contributed by atoms with Crippen LogP contribution in [0.5, 0.6) is 5.75 Å². The van der Waals surface area contributed by atoms with Crippen LogP contribution >= 0.6 is 0 Å². The van der Waals surface area contributed by atoms with E-state index in [0.29, 0.717) is 23.5 Å². The van der Waals surface area contributed by atoms with Gasteiger partial charge in [-0.3, -0.25) is 9.78 Å². The van der Waals surface area contributed by atoms with Crippen LogP contribution in [0.25, 0.3) is 0 Å². The van der Waals surface area contributed by atoms with Gasteiger partial charge >= 0.3 is 5.97 Å². The summed E-state index contributed by atoms with van der Waals surface area (Å²) in [6.45, 7) is 0.331. The molecule has 0 aliphatic carbocycles. The lowest BCUT2D eigenvalue weighted by Crippen LogP contribution is -2.24. The van der Waals surface area contributed by atoms with Crippen LogP contribution < -0.4 is 15.4 Å². The number of rotatable bonds is 7. The van der Waals surface area contributed by atoms with Gasteiger partial charge in [0.1, 0.15) is 11.4 Å². The average Bonchev–Trinajstić information content (AvgIpc) is 2.77. The minimum absolute atomic E-state index is 0.288. The second-order valence-electron chi connectivity index (χ2n) is 6.12. The summed E-state index contributed by atoms with van der Waals surface area (Å²) in [5, 5.41) is 6.03. The van der Waals surface area contributed by atoms with Crippen LogP contribution in [0.4, 0.5) is 11.4 Å². The average molecular weight is 391 g/mol. The predicted octanol–water partition coefficient (Wildman–Crippen LogP) is 3.55. The molecule has 0 atom stereocenters. The van der Waals surface area contributed by atoms with Crippen molar-refractivity contribution in [3.63, 3.8) is 0 Å². The fourth-order valence-corrected chi connectivity index (χ4v) is 2.72. The van der Waals surface area contributed by atoms with E-state index in [1.807, 2.05) is 24.3 Å². The molecule has 148 valence electrons. The van der Waals surface area contributed by atoms with Crippen molar-refractivity contribution >= 4 is 23.3 Å². The van der Waals surface area contributed by atoms with Crippen molar-refractivity contribution in [2.75, 3.05) is 19.5 Å². The molecule has 0 aliphatic rings. The van der Waals surface area contributed by atoms with Gasteiger partial charge in [0, 0.05) is 29.7 Å². The third-order valence-corrected chi connectivity index (χ3v) is 4.22. The molecule has 0 saturated carbocycles. The number of aromatic nitrogens is 1. The number of methoxy groups -OCH3 is 2. The molecule has 2 N–H and O–H groups in total. The van der Waals surface area contributed by atoms with Crippen LogP contribution in [0.3, 0.4) is 0 Å². The summed E-state index contributed by atoms with van der Waals surface area (Å²) in [6, 6.07) is 17.8. The number of hydrogen-bond donors (Lipinski definition) is 2. The molecule has 0 bridgehead atoms. The van der Waals surface area contributed by atoms with Crippen LogP contribution in [0.2, 0.25) is 0 Å². The molecule has 1 heterocycles. The lowest BCUT2D eigenvalue weighted by Gasteiger charge is -2.11. The van der Waals surface area contributed by atoms with Gasteiger partial charge < -0.3 is 20.1 Å². The lowest BCUT2D eigenvalue weighted by molar-refractivity contribution is 0.0600. The number of para-hydroxylation sites is 1. The third-order valence-electron chi connectivity index (χ3n) is 4.22. The number of carbonyl (C=O) groups excluding carboxylic acids is 2. The van der Waals surface area contributed by atoms with Crippen LogP contribution in [0.15, 0.2) is 66.9 Å². The summed E-state index contributed by atoms with van der Waals surface area (Å²) in [4.78, 5) is 28.1. The lowest BCUT2D eigenvalue weighted by atomic mass is 10.2. The van der Waals surface area contributed by atoms with Gasteiger partial charge in [-0.1, -0.05) is 18.2 Å². The van der Waals surface area contributed by atoms with Crippen molar-refractivity contribution in [1.82, 2.24) is 10.3 Å². The van der Waals surface area contributed by atoms with Crippen molar-refractivity contribution < 1.29 is 19.1 Å². The molecule has 7 heteroatoms. The van der Waals surface area contributed by atoms with Gasteiger partial charge in [0.15, 0.2) is 0 Å². The highest BCUT2D eigenvalue weighted by Crippen LogP contribution is 2.19. The molecule has 3 rings (SSSR count). The maximum Gasteiger partial charge on any atom is 0.337 e. The van der Waals surface area contributed by atoms with Gasteiger partial charge in [0.05, 0.1) is 19.8 Å². The normalized spacial score (nSPS) is 10.1. The van der Waals surface area contributed by atoms with Crippen LogP contribution in [-0.2, 0) is 11.3 Å². The van der Waals surface area contributed by atoms with Gasteiger partial charge in [-0.15, -0.1) is 0 Å². The summed E-state index contributed by atoms with van der Waals surface area (Å²) in [6.07, 6.45) is 1.56. The maximum atomic E-state index is 12.5. The van der Waals surface area contributed by atoms with Crippen LogP contribution in [-0.4, -0.2) is 31.1 Å². The summed E-state index contributed by atoms with van der Waals surface area (Å²) in [5.74, 6) is 0.0293. The predicted molar refractivity (Wildman–Crippen MR) is 109 cm³/mol. The zero-order valence-corrected chi connectivity index (χ0v) is 16.1. The molecule has 0 spiro atoms. The maximum absolute atomic E-state index is 12.5. The Morgan fingerprint density at radius 1 is 0.966 bits per heavy atom. The third kappa shape index (κ3) is 5.10. The highest BCUT2D eigenvalue weighted by atomic mass is 16.5. The number of ether oxygens (including phenoxy) is 2. The molecule has 0 radical (unpaired) electrons. The Hall–Kier alpha value is -3.87. The topological polar surface area (TPSA) is 89.5 Å². The van der Waals surface area contributed by atoms with Crippen molar-refractivity contribution in [3.05, 3.63) is 83.7 Å². The van der Waals surface area contributed by atoms with Gasteiger partial charge in [0.2, 0.25) is 0 Å². The summed E-state index contributed by atoms with van der Waals surface area (Å²) < 4.78 is 9.98. The molecule has 1 aromatic heterocycles. The zero-order chi connectivity index (χ0) is 20.6. The van der Waals surface area contributed by atoms with Gasteiger partial charge in [-0.2, -0.15) is 0 Å². The highest BCUT2D eigenvalue weighted by Gasteiger charge is 2.10. The van der Waals surface area contributed by atoms with Crippen LogP contribution in [0.1, 0.15) is 26.4 Å². The molecule has 0 unspecified atom stereocenters. The SMILES string of the molecule is COC(=O)c1ccc(Nc2ccnc(C(=O)NCc3ccccc3OC)c2)cc1. The molecular weight excluding hydrogens is 370 g/mol. The molecule has 0 aliphatic heterocycles. The van der Waals surface area contributed by atoms with E-state index in [9.17, 15) is 9.59 Å². The number of amides is 1. The second kappa shape index (κ2) is 9.36. The Morgan fingerprint density at radius 2 is 1.72 bits per heavy atom. The summed E-state index contributed by atoms with van der Waals surface area (Å²) >= 11 is 0. The van der Waals surface area contributed by atoms with E-state index < -0.39 is 5.97 Å². The molecule has 3 aromatic rings. The molecule has 0 fully saturated rings. The molecule has 0 saturated heterocycles. The van der Waals surface area contributed by atoms with Gasteiger partial charge in [-0.05, 0) is 42.5 Å². The Balaban J connectivity index is 1.65. The van der Waals surface area contributed by atoms with Crippen molar-refractivity contribution in [3.8, 4) is 5.75 Å². The van der Waals surface area contributed by atoms with E-state index in [4.69, 9.17) is 4.74 Å². The van der Waals surface area contributed by atoms with E-state index in [1.165, 1.54) is 7.11 Å². The van der Waals surface area contributed by atoms with Crippen molar-refractivity contribution in [2.45, 2.75) is 6.54 Å². The number of hydrogen-bond acceptors (Lipinski definition) is 6. The first-order valence-corrected chi connectivity index (χ1v) is 8.92. The van der Waals surface area contributed by atoms with Crippen LogP contribution in [0, 0.1) is 0 Å². The quantitative estimate of drug-likeness (QED) is 0.599. The zero-order valence-electron chi connectivity index (χ0n) is 16.1. The summed E-state index contributed by atoms with van der Waals surface area (Å²) in [7, 11) is 2.93. The Labute approximate surface area is 168 Å². The smallest absolute Gasteiger partial charge is 0.337 e. The van der Waals surface area contributed by atoms with Gasteiger partial charge in [-0.25, -0.2) is 4.79 Å². The number of benzene rings is 2. The molecule has 7 nitrogen and oxygen atoms in total. The van der Waals surface area contributed by atoms with E-state index >= 15 is 0 Å². The second-order valence-corrected chi connectivity index (χ2v) is 6.12. The minimum Gasteiger partial charge on any atom is -0.496 e. The van der Waals surface area contributed by atoms with E-state index in [0.717, 1.165) is 11.3 Å². The first kappa shape index (κ1) is 19.9.